The Morgan fingerprint density at radius 2 is 2.07 bits per heavy atom. The van der Waals surface area contributed by atoms with Gasteiger partial charge in [0.25, 0.3) is 0 Å². The van der Waals surface area contributed by atoms with Gasteiger partial charge in [0.1, 0.15) is 0 Å². The Bertz CT molecular complexity index is 326. The van der Waals surface area contributed by atoms with Crippen molar-refractivity contribution in [1.82, 2.24) is 10.2 Å². The van der Waals surface area contributed by atoms with E-state index in [1.54, 1.807) is 0 Å². The molecule has 0 aliphatic heterocycles. The monoisotopic (exact) mass is 208 g/mol. The number of hydrogen-bond donors (Lipinski definition) is 0. The van der Waals surface area contributed by atoms with Crippen LogP contribution in [0.1, 0.15) is 70.6 Å². The maximum Gasteiger partial charge on any atom is 0.222 e. The van der Waals surface area contributed by atoms with Gasteiger partial charge in [-0.05, 0) is 19.3 Å². The Kier molecular flexibility index (Phi) is 2.81. The Balaban J connectivity index is 2.05. The summed E-state index contributed by atoms with van der Waals surface area (Å²) in [5, 5.41) is 8.32. The van der Waals surface area contributed by atoms with Gasteiger partial charge >= 0.3 is 0 Å². The molecule has 1 fully saturated rings. The minimum absolute atomic E-state index is 0.0378. The zero-order chi connectivity index (χ0) is 10.9. The third kappa shape index (κ3) is 2.39. The Morgan fingerprint density at radius 3 is 2.67 bits per heavy atom. The van der Waals surface area contributed by atoms with Gasteiger partial charge < -0.3 is 4.42 Å². The Morgan fingerprint density at radius 1 is 1.33 bits per heavy atom. The molecule has 0 radical (unpaired) electrons. The highest BCUT2D eigenvalue weighted by atomic mass is 16.4. The van der Waals surface area contributed by atoms with Gasteiger partial charge in [-0.15, -0.1) is 10.2 Å². The van der Waals surface area contributed by atoms with Crippen LogP contribution < -0.4 is 0 Å². The molecule has 1 aromatic rings. The van der Waals surface area contributed by atoms with Gasteiger partial charge in [0, 0.05) is 11.3 Å². The van der Waals surface area contributed by atoms with E-state index in [1.165, 1.54) is 25.7 Å². The van der Waals surface area contributed by atoms with Gasteiger partial charge in [-0.3, -0.25) is 0 Å². The van der Waals surface area contributed by atoms with Crippen LogP contribution in [0.15, 0.2) is 4.42 Å². The first-order chi connectivity index (χ1) is 7.13. The average molecular weight is 208 g/mol. The molecule has 84 valence electrons. The molecule has 0 aromatic carbocycles. The lowest BCUT2D eigenvalue weighted by Gasteiger charge is -2.19. The zero-order valence-corrected chi connectivity index (χ0v) is 9.92. The summed E-state index contributed by atoms with van der Waals surface area (Å²) in [6, 6.07) is 0. The van der Waals surface area contributed by atoms with Crippen molar-refractivity contribution in [3.05, 3.63) is 11.8 Å². The molecule has 1 saturated carbocycles. The van der Waals surface area contributed by atoms with E-state index >= 15 is 0 Å². The zero-order valence-electron chi connectivity index (χ0n) is 9.92. The number of rotatable bonds is 5. The SMILES string of the molecule is CCCCC(C)(C)c1nnc(C2CC2)o1. The van der Waals surface area contributed by atoms with Gasteiger partial charge in [0.2, 0.25) is 11.8 Å². The van der Waals surface area contributed by atoms with E-state index in [0.29, 0.717) is 5.92 Å². The van der Waals surface area contributed by atoms with Gasteiger partial charge in [0.05, 0.1) is 0 Å². The fourth-order valence-electron chi connectivity index (χ4n) is 1.73. The predicted octanol–water partition coefficient (Wildman–Crippen LogP) is 3.41. The van der Waals surface area contributed by atoms with Gasteiger partial charge in [0.15, 0.2) is 0 Å². The van der Waals surface area contributed by atoms with E-state index < -0.39 is 0 Å². The summed E-state index contributed by atoms with van der Waals surface area (Å²) in [7, 11) is 0. The summed E-state index contributed by atoms with van der Waals surface area (Å²) in [5.74, 6) is 2.24. The van der Waals surface area contributed by atoms with Crippen LogP contribution in [0.25, 0.3) is 0 Å². The molecule has 15 heavy (non-hydrogen) atoms. The third-order valence-electron chi connectivity index (χ3n) is 3.10. The minimum atomic E-state index is 0.0378. The fraction of sp³-hybridized carbons (Fsp3) is 0.833. The first-order valence-electron chi connectivity index (χ1n) is 5.97. The molecule has 2 rings (SSSR count). The maximum atomic E-state index is 5.75. The topological polar surface area (TPSA) is 38.9 Å². The lowest BCUT2D eigenvalue weighted by molar-refractivity contribution is 0.329. The molecule has 1 aliphatic rings. The summed E-state index contributed by atoms with van der Waals surface area (Å²) in [6.07, 6.45) is 5.99. The summed E-state index contributed by atoms with van der Waals surface area (Å²) in [4.78, 5) is 0. The second-order valence-corrected chi connectivity index (χ2v) is 5.21. The molecular formula is C12H20N2O. The molecule has 0 saturated heterocycles. The quantitative estimate of drug-likeness (QED) is 0.744. The van der Waals surface area contributed by atoms with Crippen molar-refractivity contribution < 1.29 is 4.42 Å². The highest BCUT2D eigenvalue weighted by molar-refractivity contribution is 5.04. The standard InChI is InChI=1S/C12H20N2O/c1-4-5-8-12(2,3)11-14-13-10(15-11)9-6-7-9/h9H,4-8H2,1-3H3. The highest BCUT2D eigenvalue weighted by Gasteiger charge is 2.32. The summed E-state index contributed by atoms with van der Waals surface area (Å²) in [6.45, 7) is 6.58. The second kappa shape index (κ2) is 3.95. The number of unbranched alkanes of at least 4 members (excludes halogenated alkanes) is 1. The lowest BCUT2D eigenvalue weighted by atomic mass is 9.87. The van der Waals surface area contributed by atoms with Crippen LogP contribution in [0.5, 0.6) is 0 Å². The van der Waals surface area contributed by atoms with Crippen molar-refractivity contribution in [2.24, 2.45) is 0 Å². The van der Waals surface area contributed by atoms with Crippen LogP contribution in [0.2, 0.25) is 0 Å². The van der Waals surface area contributed by atoms with E-state index in [-0.39, 0.29) is 5.41 Å². The number of nitrogens with zero attached hydrogens (tertiary/aromatic N) is 2. The smallest absolute Gasteiger partial charge is 0.222 e. The Labute approximate surface area is 91.3 Å². The number of aromatic nitrogens is 2. The first-order valence-corrected chi connectivity index (χ1v) is 5.97. The van der Waals surface area contributed by atoms with Crippen LogP contribution in [0.3, 0.4) is 0 Å². The van der Waals surface area contributed by atoms with Crippen LogP contribution >= 0.6 is 0 Å². The van der Waals surface area contributed by atoms with Crippen molar-refractivity contribution >= 4 is 0 Å². The largest absolute Gasteiger partial charge is 0.424 e. The van der Waals surface area contributed by atoms with Crippen molar-refractivity contribution in [2.75, 3.05) is 0 Å². The first kappa shape index (κ1) is 10.7. The molecule has 1 aliphatic carbocycles. The second-order valence-electron chi connectivity index (χ2n) is 5.21. The third-order valence-corrected chi connectivity index (χ3v) is 3.10. The number of hydrogen-bond acceptors (Lipinski definition) is 3. The molecular weight excluding hydrogens is 188 g/mol. The van der Waals surface area contributed by atoms with Gasteiger partial charge in [-0.2, -0.15) is 0 Å². The molecule has 3 nitrogen and oxygen atoms in total. The molecule has 0 N–H and O–H groups in total. The van der Waals surface area contributed by atoms with E-state index in [2.05, 4.69) is 31.0 Å². The lowest BCUT2D eigenvalue weighted by Crippen LogP contribution is -2.17. The Hall–Kier alpha value is -0.860. The molecule has 0 amide bonds. The van der Waals surface area contributed by atoms with Crippen molar-refractivity contribution in [1.29, 1.82) is 0 Å². The van der Waals surface area contributed by atoms with Crippen LogP contribution in [0, 0.1) is 0 Å². The molecule has 1 aromatic heterocycles. The fourth-order valence-corrected chi connectivity index (χ4v) is 1.73. The van der Waals surface area contributed by atoms with E-state index in [0.717, 1.165) is 18.2 Å². The van der Waals surface area contributed by atoms with Gasteiger partial charge in [-0.25, -0.2) is 0 Å². The van der Waals surface area contributed by atoms with Crippen molar-refractivity contribution in [2.45, 2.75) is 64.2 Å². The van der Waals surface area contributed by atoms with Crippen molar-refractivity contribution in [3.63, 3.8) is 0 Å². The highest BCUT2D eigenvalue weighted by Crippen LogP contribution is 2.40. The molecule has 0 unspecified atom stereocenters. The summed E-state index contributed by atoms with van der Waals surface area (Å²) >= 11 is 0. The molecule has 0 bridgehead atoms. The molecule has 0 spiro atoms. The summed E-state index contributed by atoms with van der Waals surface area (Å²) in [5.41, 5.74) is 0.0378. The van der Waals surface area contributed by atoms with Crippen LogP contribution in [-0.4, -0.2) is 10.2 Å². The summed E-state index contributed by atoms with van der Waals surface area (Å²) < 4.78 is 5.75. The van der Waals surface area contributed by atoms with E-state index in [4.69, 9.17) is 4.42 Å². The predicted molar refractivity (Wildman–Crippen MR) is 58.8 cm³/mol. The van der Waals surface area contributed by atoms with Crippen LogP contribution in [0.4, 0.5) is 0 Å². The van der Waals surface area contributed by atoms with Crippen LogP contribution in [-0.2, 0) is 5.41 Å². The van der Waals surface area contributed by atoms with Gasteiger partial charge in [-0.1, -0.05) is 33.6 Å². The average Bonchev–Trinajstić information content (AvgIpc) is 2.93. The van der Waals surface area contributed by atoms with Crippen molar-refractivity contribution in [3.8, 4) is 0 Å². The van der Waals surface area contributed by atoms with E-state index in [1.807, 2.05) is 0 Å². The normalized spacial score (nSPS) is 17.0. The molecule has 3 heteroatoms. The minimum Gasteiger partial charge on any atom is -0.424 e. The maximum absolute atomic E-state index is 5.75. The molecule has 0 atom stereocenters. The molecule has 1 heterocycles. The van der Waals surface area contributed by atoms with E-state index in [9.17, 15) is 0 Å².